The fourth-order valence-corrected chi connectivity index (χ4v) is 4.07. The van der Waals surface area contributed by atoms with E-state index in [1.807, 2.05) is 0 Å². The quantitative estimate of drug-likeness (QED) is 0.590. The predicted molar refractivity (Wildman–Crippen MR) is 99.8 cm³/mol. The molecular weight excluding hydrogens is 408 g/mol. The number of rotatable bonds is 5. The highest BCUT2D eigenvalue weighted by Crippen LogP contribution is 2.31. The van der Waals surface area contributed by atoms with Crippen LogP contribution in [-0.2, 0) is 16.2 Å². The van der Waals surface area contributed by atoms with Gasteiger partial charge in [0.05, 0.1) is 16.7 Å². The largest absolute Gasteiger partial charge is 0.416 e. The van der Waals surface area contributed by atoms with Gasteiger partial charge in [-0.3, -0.25) is 4.98 Å². The highest BCUT2D eigenvalue weighted by atomic mass is 32.2. The second kappa shape index (κ2) is 7.92. The number of hydrogen-bond acceptors (Lipinski definition) is 3. The third-order valence-electron chi connectivity index (χ3n) is 4.27. The number of benzene rings is 2. The van der Waals surface area contributed by atoms with Crippen molar-refractivity contribution >= 4 is 10.0 Å². The van der Waals surface area contributed by atoms with Crippen molar-refractivity contribution in [3.8, 4) is 11.1 Å². The molecule has 0 fully saturated rings. The fraction of sp³-hybridized carbons (Fsp3) is 0.150. The van der Waals surface area contributed by atoms with Crippen molar-refractivity contribution in [2.75, 3.05) is 0 Å². The number of sulfonamides is 1. The smallest absolute Gasteiger partial charge is 0.262 e. The van der Waals surface area contributed by atoms with Gasteiger partial charge in [0.2, 0.25) is 10.0 Å². The van der Waals surface area contributed by atoms with Crippen LogP contribution in [0.3, 0.4) is 0 Å². The lowest BCUT2D eigenvalue weighted by Gasteiger charge is -2.16. The summed E-state index contributed by atoms with van der Waals surface area (Å²) in [5.41, 5.74) is 0.291. The van der Waals surface area contributed by atoms with Crippen molar-refractivity contribution in [2.24, 2.45) is 0 Å². The molecule has 2 aromatic carbocycles. The van der Waals surface area contributed by atoms with Crippen molar-refractivity contribution in [1.29, 1.82) is 0 Å². The molecule has 0 saturated heterocycles. The van der Waals surface area contributed by atoms with E-state index < -0.39 is 38.5 Å². The lowest BCUT2D eigenvalue weighted by Crippen LogP contribution is -2.27. The monoisotopic (exact) mass is 424 g/mol. The number of hydrogen-bond donors (Lipinski definition) is 1. The molecule has 9 heteroatoms. The summed E-state index contributed by atoms with van der Waals surface area (Å²) in [7, 11) is -4.21. The second-order valence-corrected chi connectivity index (χ2v) is 8.06. The molecule has 1 aromatic heterocycles. The SMILES string of the molecule is CC(NS(=O)(=O)c1cccc(C(F)(F)F)c1)c1cccc(-c2ccncc2F)c1. The first-order valence-corrected chi connectivity index (χ1v) is 9.96. The molecule has 1 unspecified atom stereocenters. The summed E-state index contributed by atoms with van der Waals surface area (Å²) in [5.74, 6) is -0.526. The molecule has 0 amide bonds. The highest BCUT2D eigenvalue weighted by molar-refractivity contribution is 7.89. The Morgan fingerprint density at radius 1 is 1.03 bits per heavy atom. The normalized spacial score (nSPS) is 13.3. The van der Waals surface area contributed by atoms with Gasteiger partial charge in [-0.05, 0) is 48.4 Å². The Morgan fingerprint density at radius 2 is 1.76 bits per heavy atom. The van der Waals surface area contributed by atoms with E-state index in [0.717, 1.165) is 24.4 Å². The van der Waals surface area contributed by atoms with Gasteiger partial charge in [-0.1, -0.05) is 24.3 Å². The molecule has 29 heavy (non-hydrogen) atoms. The molecule has 3 rings (SSSR count). The van der Waals surface area contributed by atoms with Gasteiger partial charge < -0.3 is 0 Å². The Bertz CT molecular complexity index is 1130. The molecule has 0 spiro atoms. The average Bonchev–Trinajstić information content (AvgIpc) is 2.67. The summed E-state index contributed by atoms with van der Waals surface area (Å²) in [6, 6.07) is 10.8. The standard InChI is InChI=1S/C20H16F4N2O2S/c1-13(14-4-2-5-15(10-14)18-8-9-25-12-19(18)21)26-29(27,28)17-7-3-6-16(11-17)20(22,23)24/h2-13,26H,1H3. The van der Waals surface area contributed by atoms with E-state index in [1.54, 1.807) is 31.2 Å². The van der Waals surface area contributed by atoms with Crippen LogP contribution in [-0.4, -0.2) is 13.4 Å². The Balaban J connectivity index is 1.88. The van der Waals surface area contributed by atoms with Crippen LogP contribution in [0.2, 0.25) is 0 Å². The van der Waals surface area contributed by atoms with Gasteiger partial charge in [0.1, 0.15) is 5.82 Å². The molecule has 0 radical (unpaired) electrons. The van der Waals surface area contributed by atoms with E-state index in [2.05, 4.69) is 9.71 Å². The van der Waals surface area contributed by atoms with Gasteiger partial charge in [0.15, 0.2) is 0 Å². The van der Waals surface area contributed by atoms with E-state index in [9.17, 15) is 26.0 Å². The fourth-order valence-electron chi connectivity index (χ4n) is 2.79. The van der Waals surface area contributed by atoms with E-state index in [-0.39, 0.29) is 0 Å². The van der Waals surface area contributed by atoms with E-state index in [1.165, 1.54) is 12.3 Å². The van der Waals surface area contributed by atoms with Crippen LogP contribution < -0.4 is 4.72 Å². The van der Waals surface area contributed by atoms with Gasteiger partial charge in [0, 0.05) is 17.8 Å². The first kappa shape index (κ1) is 20.9. The van der Waals surface area contributed by atoms with Crippen LogP contribution in [0.5, 0.6) is 0 Å². The number of pyridine rings is 1. The van der Waals surface area contributed by atoms with Crippen molar-refractivity contribution < 1.29 is 26.0 Å². The minimum Gasteiger partial charge on any atom is -0.262 e. The topological polar surface area (TPSA) is 59.1 Å². The molecule has 0 aliphatic heterocycles. The molecule has 0 bridgehead atoms. The summed E-state index contributed by atoms with van der Waals surface area (Å²) in [5, 5.41) is 0. The third-order valence-corrected chi connectivity index (χ3v) is 5.81. The summed E-state index contributed by atoms with van der Waals surface area (Å²) in [4.78, 5) is 3.20. The van der Waals surface area contributed by atoms with Crippen molar-refractivity contribution in [2.45, 2.75) is 24.0 Å². The first-order chi connectivity index (χ1) is 13.6. The van der Waals surface area contributed by atoms with E-state index in [4.69, 9.17) is 0 Å². The van der Waals surface area contributed by atoms with Crippen molar-refractivity contribution in [3.05, 3.63) is 83.9 Å². The van der Waals surface area contributed by atoms with Gasteiger partial charge in [-0.15, -0.1) is 0 Å². The molecule has 0 aliphatic carbocycles. The minimum absolute atomic E-state index is 0.301. The Hall–Kier alpha value is -2.78. The maximum Gasteiger partial charge on any atom is 0.416 e. The van der Waals surface area contributed by atoms with Gasteiger partial charge in [-0.25, -0.2) is 17.5 Å². The lowest BCUT2D eigenvalue weighted by molar-refractivity contribution is -0.137. The Labute approximate surface area is 165 Å². The van der Waals surface area contributed by atoms with Gasteiger partial charge in [-0.2, -0.15) is 13.2 Å². The lowest BCUT2D eigenvalue weighted by atomic mass is 10.0. The Morgan fingerprint density at radius 3 is 2.45 bits per heavy atom. The maximum absolute atomic E-state index is 14.0. The zero-order valence-corrected chi connectivity index (χ0v) is 15.9. The van der Waals surface area contributed by atoms with Crippen LogP contribution in [0.25, 0.3) is 11.1 Å². The van der Waals surface area contributed by atoms with Crippen LogP contribution in [0.15, 0.2) is 71.9 Å². The molecule has 152 valence electrons. The van der Waals surface area contributed by atoms with Crippen molar-refractivity contribution in [1.82, 2.24) is 9.71 Å². The summed E-state index contributed by atoms with van der Waals surface area (Å²) < 4.78 is 80.1. The summed E-state index contributed by atoms with van der Waals surface area (Å²) >= 11 is 0. The molecule has 3 aromatic rings. The van der Waals surface area contributed by atoms with Gasteiger partial charge in [0.25, 0.3) is 0 Å². The number of alkyl halides is 3. The number of aromatic nitrogens is 1. The van der Waals surface area contributed by atoms with Crippen LogP contribution in [0, 0.1) is 5.82 Å². The van der Waals surface area contributed by atoms with Crippen LogP contribution >= 0.6 is 0 Å². The molecule has 0 aliphatic rings. The van der Waals surface area contributed by atoms with E-state index >= 15 is 0 Å². The third kappa shape index (κ3) is 4.80. The zero-order valence-electron chi connectivity index (χ0n) is 15.1. The van der Waals surface area contributed by atoms with Crippen LogP contribution in [0.4, 0.5) is 17.6 Å². The molecule has 1 N–H and O–H groups in total. The summed E-state index contributed by atoms with van der Waals surface area (Å²) in [6.07, 6.45) is -2.15. The number of nitrogens with zero attached hydrogens (tertiary/aromatic N) is 1. The average molecular weight is 424 g/mol. The highest BCUT2D eigenvalue weighted by Gasteiger charge is 2.32. The molecule has 4 nitrogen and oxygen atoms in total. The number of nitrogens with one attached hydrogen (secondary N) is 1. The van der Waals surface area contributed by atoms with E-state index in [0.29, 0.717) is 22.8 Å². The zero-order chi connectivity index (χ0) is 21.2. The van der Waals surface area contributed by atoms with Crippen LogP contribution in [0.1, 0.15) is 24.1 Å². The van der Waals surface area contributed by atoms with Gasteiger partial charge >= 0.3 is 6.18 Å². The molecular formula is C20H16F4N2O2S. The maximum atomic E-state index is 14.0. The molecule has 1 atom stereocenters. The second-order valence-electron chi connectivity index (χ2n) is 6.35. The summed E-state index contributed by atoms with van der Waals surface area (Å²) in [6.45, 7) is 1.55. The number of halogens is 4. The Kier molecular flexibility index (Phi) is 5.72. The first-order valence-electron chi connectivity index (χ1n) is 8.47. The molecule has 0 saturated carbocycles. The van der Waals surface area contributed by atoms with Crippen molar-refractivity contribution in [3.63, 3.8) is 0 Å². The minimum atomic E-state index is -4.65. The molecule has 1 heterocycles. The predicted octanol–water partition coefficient (Wildman–Crippen LogP) is 4.95.